The standard InChI is InChI=1S/C17H21NO3S2/c19-23(20,17-9-12-22-14-17)18-10-11-21-16(13-18)8-4-7-15-5-2-1-3-6-15/h1-3,5-6,9,12,14,16H,4,7-8,10-11,13H2. The minimum absolute atomic E-state index is 0.0131. The number of ether oxygens (including phenoxy) is 1. The molecule has 6 heteroatoms. The molecule has 3 rings (SSSR count). The van der Waals surface area contributed by atoms with Gasteiger partial charge >= 0.3 is 0 Å². The molecular weight excluding hydrogens is 330 g/mol. The molecule has 1 atom stereocenters. The molecule has 0 bridgehead atoms. The molecule has 124 valence electrons. The number of nitrogens with zero attached hydrogens (tertiary/aromatic N) is 1. The Balaban J connectivity index is 1.54. The van der Waals surface area contributed by atoms with Crippen molar-refractivity contribution < 1.29 is 13.2 Å². The lowest BCUT2D eigenvalue weighted by atomic mass is 10.1. The van der Waals surface area contributed by atoms with Crippen molar-refractivity contribution in [2.24, 2.45) is 0 Å². The molecular formula is C17H21NO3S2. The van der Waals surface area contributed by atoms with Crippen LogP contribution in [0.25, 0.3) is 0 Å². The van der Waals surface area contributed by atoms with Gasteiger partial charge in [0.15, 0.2) is 0 Å². The van der Waals surface area contributed by atoms with Crippen LogP contribution in [-0.4, -0.2) is 38.5 Å². The van der Waals surface area contributed by atoms with Gasteiger partial charge in [-0.3, -0.25) is 0 Å². The summed E-state index contributed by atoms with van der Waals surface area (Å²) in [6.45, 7) is 1.36. The van der Waals surface area contributed by atoms with Crippen molar-refractivity contribution in [1.82, 2.24) is 4.31 Å². The Morgan fingerprint density at radius 1 is 1.22 bits per heavy atom. The molecule has 1 unspecified atom stereocenters. The number of benzene rings is 1. The highest BCUT2D eigenvalue weighted by Crippen LogP contribution is 2.22. The molecule has 1 aliphatic heterocycles. The van der Waals surface area contributed by atoms with E-state index in [9.17, 15) is 8.42 Å². The molecule has 1 fully saturated rings. The lowest BCUT2D eigenvalue weighted by molar-refractivity contribution is -0.00639. The van der Waals surface area contributed by atoms with Gasteiger partial charge in [-0.05, 0) is 36.3 Å². The van der Waals surface area contributed by atoms with Gasteiger partial charge in [0.1, 0.15) is 0 Å². The Labute approximate surface area is 141 Å². The van der Waals surface area contributed by atoms with E-state index in [1.165, 1.54) is 16.9 Å². The quantitative estimate of drug-likeness (QED) is 0.803. The molecule has 0 amide bonds. The molecule has 23 heavy (non-hydrogen) atoms. The molecule has 1 saturated heterocycles. The van der Waals surface area contributed by atoms with Crippen LogP contribution in [0.2, 0.25) is 0 Å². The van der Waals surface area contributed by atoms with E-state index in [0.29, 0.717) is 24.6 Å². The van der Waals surface area contributed by atoms with Crippen LogP contribution in [0, 0.1) is 0 Å². The Kier molecular flexibility index (Phi) is 5.48. The van der Waals surface area contributed by atoms with Crippen LogP contribution >= 0.6 is 11.3 Å². The van der Waals surface area contributed by atoms with Gasteiger partial charge in [-0.25, -0.2) is 8.42 Å². The van der Waals surface area contributed by atoms with E-state index in [1.807, 2.05) is 18.2 Å². The summed E-state index contributed by atoms with van der Waals surface area (Å²) in [7, 11) is -3.37. The molecule has 0 aliphatic carbocycles. The van der Waals surface area contributed by atoms with Crippen LogP contribution in [0.1, 0.15) is 18.4 Å². The Morgan fingerprint density at radius 2 is 2.04 bits per heavy atom. The molecule has 4 nitrogen and oxygen atoms in total. The highest BCUT2D eigenvalue weighted by atomic mass is 32.2. The minimum Gasteiger partial charge on any atom is -0.375 e. The summed E-state index contributed by atoms with van der Waals surface area (Å²) in [5.41, 5.74) is 1.31. The maximum atomic E-state index is 12.6. The van der Waals surface area contributed by atoms with Gasteiger partial charge in [-0.2, -0.15) is 15.6 Å². The molecule has 2 heterocycles. The van der Waals surface area contributed by atoms with Crippen molar-refractivity contribution >= 4 is 21.4 Å². The number of hydrogen-bond donors (Lipinski definition) is 0. The number of thiophene rings is 1. The monoisotopic (exact) mass is 351 g/mol. The van der Waals surface area contributed by atoms with Gasteiger partial charge in [0, 0.05) is 18.5 Å². The molecule has 1 aromatic carbocycles. The van der Waals surface area contributed by atoms with Gasteiger partial charge in [-0.15, -0.1) is 0 Å². The molecule has 0 N–H and O–H groups in total. The Bertz CT molecular complexity index is 699. The fraction of sp³-hybridized carbons (Fsp3) is 0.412. The van der Waals surface area contributed by atoms with Gasteiger partial charge in [0.2, 0.25) is 10.0 Å². The molecule has 0 saturated carbocycles. The lowest BCUT2D eigenvalue weighted by Crippen LogP contribution is -2.45. The van der Waals surface area contributed by atoms with Crippen molar-refractivity contribution in [3.8, 4) is 0 Å². The molecule has 1 aromatic heterocycles. The lowest BCUT2D eigenvalue weighted by Gasteiger charge is -2.32. The van der Waals surface area contributed by atoms with Crippen LogP contribution in [0.15, 0.2) is 52.1 Å². The Hall–Kier alpha value is -1.21. The third kappa shape index (κ3) is 4.20. The normalized spacial score (nSPS) is 19.7. The summed E-state index contributed by atoms with van der Waals surface area (Å²) in [6, 6.07) is 12.0. The topological polar surface area (TPSA) is 46.6 Å². The van der Waals surface area contributed by atoms with Crippen LogP contribution in [0.4, 0.5) is 0 Å². The smallest absolute Gasteiger partial charge is 0.244 e. The first-order valence-electron chi connectivity index (χ1n) is 7.84. The van der Waals surface area contributed by atoms with Gasteiger partial charge < -0.3 is 4.74 Å². The van der Waals surface area contributed by atoms with Crippen LogP contribution < -0.4 is 0 Å². The van der Waals surface area contributed by atoms with Crippen molar-refractivity contribution in [2.45, 2.75) is 30.3 Å². The average Bonchev–Trinajstić information content (AvgIpc) is 3.11. The second kappa shape index (κ2) is 7.57. The zero-order valence-electron chi connectivity index (χ0n) is 12.9. The summed E-state index contributed by atoms with van der Waals surface area (Å²) < 4.78 is 32.4. The Morgan fingerprint density at radius 3 is 2.78 bits per heavy atom. The van der Waals surface area contributed by atoms with E-state index < -0.39 is 10.0 Å². The fourth-order valence-electron chi connectivity index (χ4n) is 2.81. The van der Waals surface area contributed by atoms with Gasteiger partial charge in [0.25, 0.3) is 0 Å². The third-order valence-electron chi connectivity index (χ3n) is 4.07. The van der Waals surface area contributed by atoms with Crippen molar-refractivity contribution in [3.05, 3.63) is 52.7 Å². The average molecular weight is 351 g/mol. The first-order valence-corrected chi connectivity index (χ1v) is 10.2. The number of sulfonamides is 1. The van der Waals surface area contributed by atoms with Crippen molar-refractivity contribution in [1.29, 1.82) is 0 Å². The maximum absolute atomic E-state index is 12.6. The maximum Gasteiger partial charge on any atom is 0.244 e. The summed E-state index contributed by atoms with van der Waals surface area (Å²) in [6.07, 6.45) is 2.87. The zero-order chi connectivity index (χ0) is 16.1. The second-order valence-electron chi connectivity index (χ2n) is 5.69. The first-order chi connectivity index (χ1) is 11.2. The van der Waals surface area contributed by atoms with Crippen LogP contribution in [-0.2, 0) is 21.2 Å². The van der Waals surface area contributed by atoms with E-state index >= 15 is 0 Å². The number of aryl methyl sites for hydroxylation is 1. The summed E-state index contributed by atoms with van der Waals surface area (Å²) in [4.78, 5) is 0.396. The molecule has 2 aromatic rings. The zero-order valence-corrected chi connectivity index (χ0v) is 14.6. The highest BCUT2D eigenvalue weighted by molar-refractivity contribution is 7.89. The van der Waals surface area contributed by atoms with Crippen molar-refractivity contribution in [2.75, 3.05) is 19.7 Å². The van der Waals surface area contributed by atoms with Crippen LogP contribution in [0.5, 0.6) is 0 Å². The van der Waals surface area contributed by atoms with E-state index in [-0.39, 0.29) is 6.10 Å². The van der Waals surface area contributed by atoms with E-state index in [1.54, 1.807) is 21.1 Å². The SMILES string of the molecule is O=S(=O)(c1ccsc1)N1CCOC(CCCc2ccccc2)C1. The third-order valence-corrected chi connectivity index (χ3v) is 6.76. The van der Waals surface area contributed by atoms with E-state index in [2.05, 4.69) is 12.1 Å². The number of hydrogen-bond acceptors (Lipinski definition) is 4. The number of rotatable bonds is 6. The molecule has 1 aliphatic rings. The van der Waals surface area contributed by atoms with Crippen molar-refractivity contribution in [3.63, 3.8) is 0 Å². The second-order valence-corrected chi connectivity index (χ2v) is 8.41. The van der Waals surface area contributed by atoms with E-state index in [0.717, 1.165) is 19.3 Å². The molecule has 0 spiro atoms. The largest absolute Gasteiger partial charge is 0.375 e. The minimum atomic E-state index is -3.37. The predicted molar refractivity (Wildman–Crippen MR) is 92.2 cm³/mol. The fourth-order valence-corrected chi connectivity index (χ4v) is 5.28. The highest BCUT2D eigenvalue weighted by Gasteiger charge is 2.30. The summed E-state index contributed by atoms with van der Waals surface area (Å²) >= 11 is 1.41. The number of morpholine rings is 1. The predicted octanol–water partition coefficient (Wildman–Crippen LogP) is 3.16. The van der Waals surface area contributed by atoms with Gasteiger partial charge in [-0.1, -0.05) is 30.3 Å². The first kappa shape index (κ1) is 16.6. The van der Waals surface area contributed by atoms with E-state index in [4.69, 9.17) is 4.74 Å². The van der Waals surface area contributed by atoms with Gasteiger partial charge in [0.05, 0.1) is 17.6 Å². The summed E-state index contributed by atoms with van der Waals surface area (Å²) in [5.74, 6) is 0. The summed E-state index contributed by atoms with van der Waals surface area (Å²) in [5, 5.41) is 3.49. The van der Waals surface area contributed by atoms with Crippen LogP contribution in [0.3, 0.4) is 0 Å². The molecule has 0 radical (unpaired) electrons.